The van der Waals surface area contributed by atoms with E-state index in [-0.39, 0.29) is 43.3 Å². The van der Waals surface area contributed by atoms with Crippen molar-refractivity contribution in [2.45, 2.75) is 50.3 Å². The second-order valence-electron chi connectivity index (χ2n) is 12.6. The molecule has 12 heteroatoms. The number of benzene rings is 2. The zero-order chi connectivity index (χ0) is 29.9. The van der Waals surface area contributed by atoms with Crippen LogP contribution in [0.1, 0.15) is 53.6 Å². The number of rotatable bonds is 10. The molecule has 1 N–H and O–H groups in total. The van der Waals surface area contributed by atoms with Gasteiger partial charge in [0, 0.05) is 51.4 Å². The SMILES string of the molecule is COc1cc2c(cc1OC)C1CC(CC3c4cc(OC)c(OC)cc4CCN3CC(O)CN3CCOCC3)CCN1CC2.Cl.Cl.Cl. The number of aliphatic hydroxyl groups excluding tert-OH is 1. The third-order valence-electron chi connectivity index (χ3n) is 10.2. The Kier molecular flexibility index (Phi) is 14.9. The van der Waals surface area contributed by atoms with E-state index >= 15 is 0 Å². The van der Waals surface area contributed by atoms with E-state index in [9.17, 15) is 5.11 Å². The van der Waals surface area contributed by atoms with Crippen LogP contribution in [-0.2, 0) is 17.6 Å². The molecule has 4 heterocycles. The zero-order valence-electron chi connectivity index (χ0n) is 27.6. The first-order chi connectivity index (χ1) is 21.0. The Morgan fingerprint density at radius 1 is 0.739 bits per heavy atom. The molecule has 0 spiro atoms. The highest BCUT2D eigenvalue weighted by atomic mass is 35.5. The van der Waals surface area contributed by atoms with Gasteiger partial charge in [-0.1, -0.05) is 0 Å². The molecule has 260 valence electrons. The van der Waals surface area contributed by atoms with Gasteiger partial charge in [-0.2, -0.15) is 0 Å². The van der Waals surface area contributed by atoms with Crippen LogP contribution in [0.4, 0.5) is 0 Å². The molecule has 2 aromatic rings. The van der Waals surface area contributed by atoms with Gasteiger partial charge in [0.25, 0.3) is 0 Å². The van der Waals surface area contributed by atoms with E-state index in [0.717, 1.165) is 94.6 Å². The molecule has 0 amide bonds. The van der Waals surface area contributed by atoms with Crippen LogP contribution in [0.2, 0.25) is 0 Å². The molecule has 4 aliphatic heterocycles. The molecule has 4 atom stereocenters. The van der Waals surface area contributed by atoms with E-state index in [0.29, 0.717) is 25.0 Å². The van der Waals surface area contributed by atoms with Crippen molar-refractivity contribution < 1.29 is 28.8 Å². The van der Waals surface area contributed by atoms with E-state index < -0.39 is 6.10 Å². The van der Waals surface area contributed by atoms with Crippen molar-refractivity contribution >= 4 is 37.2 Å². The fourth-order valence-corrected chi connectivity index (χ4v) is 7.92. The normalized spacial score (nSPS) is 23.6. The lowest BCUT2D eigenvalue weighted by molar-refractivity contribution is -0.00113. The van der Waals surface area contributed by atoms with Gasteiger partial charge in [-0.15, -0.1) is 37.2 Å². The highest BCUT2D eigenvalue weighted by molar-refractivity contribution is 5.86. The number of ether oxygens (including phenoxy) is 5. The summed E-state index contributed by atoms with van der Waals surface area (Å²) in [7, 11) is 6.86. The van der Waals surface area contributed by atoms with Gasteiger partial charge in [0.2, 0.25) is 0 Å². The van der Waals surface area contributed by atoms with Gasteiger partial charge in [0.1, 0.15) is 0 Å². The fraction of sp³-hybridized carbons (Fsp3) is 0.647. The third-order valence-corrected chi connectivity index (χ3v) is 10.2. The van der Waals surface area contributed by atoms with Gasteiger partial charge in [-0.25, -0.2) is 0 Å². The number of hydrogen-bond donors (Lipinski definition) is 1. The van der Waals surface area contributed by atoms with E-state index in [2.05, 4.69) is 39.0 Å². The minimum Gasteiger partial charge on any atom is -0.493 e. The summed E-state index contributed by atoms with van der Waals surface area (Å²) in [5, 5.41) is 11.3. The Morgan fingerprint density at radius 3 is 1.93 bits per heavy atom. The molecule has 4 unspecified atom stereocenters. The van der Waals surface area contributed by atoms with Crippen molar-refractivity contribution in [2.75, 3.05) is 87.5 Å². The molecule has 0 saturated carbocycles. The lowest BCUT2D eigenvalue weighted by Gasteiger charge is -2.46. The van der Waals surface area contributed by atoms with Gasteiger partial charge < -0.3 is 28.8 Å². The Bertz CT molecular complexity index is 1270. The number of β-amino-alcohol motifs (C(OH)–C–C–N with tert-alkyl or cyclic N) is 1. The largest absolute Gasteiger partial charge is 0.493 e. The summed E-state index contributed by atoms with van der Waals surface area (Å²) in [6.07, 6.45) is 4.93. The highest BCUT2D eigenvalue weighted by Crippen LogP contribution is 2.47. The van der Waals surface area contributed by atoms with Crippen molar-refractivity contribution in [3.63, 3.8) is 0 Å². The molecule has 9 nitrogen and oxygen atoms in total. The molecule has 0 aromatic heterocycles. The average Bonchev–Trinajstić information content (AvgIpc) is 3.04. The maximum Gasteiger partial charge on any atom is 0.161 e. The van der Waals surface area contributed by atoms with Crippen LogP contribution in [0.15, 0.2) is 24.3 Å². The summed E-state index contributed by atoms with van der Waals surface area (Å²) < 4.78 is 28.3. The van der Waals surface area contributed by atoms with Gasteiger partial charge in [-0.05, 0) is 91.1 Å². The topological polar surface area (TPSA) is 76.1 Å². The molecular formula is C34H52Cl3N3O6. The van der Waals surface area contributed by atoms with Crippen molar-refractivity contribution in [1.82, 2.24) is 14.7 Å². The molecule has 2 fully saturated rings. The van der Waals surface area contributed by atoms with Crippen LogP contribution in [-0.4, -0.2) is 113 Å². The van der Waals surface area contributed by atoms with Crippen molar-refractivity contribution in [1.29, 1.82) is 0 Å². The molecule has 4 aliphatic rings. The second kappa shape index (κ2) is 17.6. The number of piperidine rings is 1. The Hall–Kier alpha value is -1.69. The predicted molar refractivity (Wildman–Crippen MR) is 187 cm³/mol. The maximum atomic E-state index is 11.3. The van der Waals surface area contributed by atoms with E-state index in [1.807, 2.05) is 0 Å². The van der Waals surface area contributed by atoms with Gasteiger partial charge in [-0.3, -0.25) is 14.7 Å². The third kappa shape index (κ3) is 8.29. The quantitative estimate of drug-likeness (QED) is 0.369. The van der Waals surface area contributed by atoms with Gasteiger partial charge in [0.05, 0.1) is 47.8 Å². The number of aliphatic hydroxyl groups is 1. The average molecular weight is 705 g/mol. The summed E-state index contributed by atoms with van der Waals surface area (Å²) in [5.41, 5.74) is 5.42. The lowest BCUT2D eigenvalue weighted by atomic mass is 9.77. The molecule has 2 aromatic carbocycles. The van der Waals surface area contributed by atoms with Crippen molar-refractivity contribution in [3.05, 3.63) is 46.5 Å². The summed E-state index contributed by atoms with van der Waals surface area (Å²) >= 11 is 0. The Labute approximate surface area is 293 Å². The van der Waals surface area contributed by atoms with Crippen LogP contribution in [0, 0.1) is 5.92 Å². The lowest BCUT2D eigenvalue weighted by Crippen LogP contribution is -2.47. The number of halogens is 3. The minimum absolute atomic E-state index is 0. The summed E-state index contributed by atoms with van der Waals surface area (Å²) in [6.45, 7) is 7.74. The monoisotopic (exact) mass is 703 g/mol. The zero-order valence-corrected chi connectivity index (χ0v) is 30.0. The van der Waals surface area contributed by atoms with Crippen molar-refractivity contribution in [3.8, 4) is 23.0 Å². The Morgan fingerprint density at radius 2 is 1.30 bits per heavy atom. The van der Waals surface area contributed by atoms with Crippen molar-refractivity contribution in [2.24, 2.45) is 5.92 Å². The fourth-order valence-electron chi connectivity index (χ4n) is 7.92. The summed E-state index contributed by atoms with van der Waals surface area (Å²) in [4.78, 5) is 7.53. The van der Waals surface area contributed by atoms with Crippen LogP contribution in [0.25, 0.3) is 0 Å². The summed E-state index contributed by atoms with van der Waals surface area (Å²) in [6, 6.07) is 9.37. The second-order valence-corrected chi connectivity index (χ2v) is 12.6. The first-order valence-corrected chi connectivity index (χ1v) is 16.0. The van der Waals surface area contributed by atoms with Gasteiger partial charge >= 0.3 is 0 Å². The van der Waals surface area contributed by atoms with Crippen LogP contribution in [0.3, 0.4) is 0 Å². The number of nitrogens with zero attached hydrogens (tertiary/aromatic N) is 3. The molecule has 46 heavy (non-hydrogen) atoms. The minimum atomic E-state index is -0.406. The van der Waals surface area contributed by atoms with Crippen LogP contribution >= 0.6 is 37.2 Å². The number of hydrogen-bond acceptors (Lipinski definition) is 9. The van der Waals surface area contributed by atoms with E-state index in [4.69, 9.17) is 23.7 Å². The Balaban J connectivity index is 0.00000192. The molecule has 6 rings (SSSR count). The van der Waals surface area contributed by atoms with Crippen LogP contribution < -0.4 is 18.9 Å². The highest BCUT2D eigenvalue weighted by Gasteiger charge is 2.38. The molecular weight excluding hydrogens is 653 g/mol. The van der Waals surface area contributed by atoms with Crippen LogP contribution in [0.5, 0.6) is 23.0 Å². The predicted octanol–water partition coefficient (Wildman–Crippen LogP) is 4.98. The number of morpholine rings is 1. The standard InChI is InChI=1S/C34H49N3O6.3ClH/c1-39-31-17-24-6-9-36-8-5-23(15-29(36)27(24)19-33(31)41-3)16-30-28-20-34(42-4)32(40-2)18-25(28)7-10-37(30)22-26(38)21-35-11-13-43-14-12-35;;;/h17-20,23,26,29-30,38H,5-16,21-22H2,1-4H3;3*1H. The van der Waals surface area contributed by atoms with E-state index in [1.54, 1.807) is 28.4 Å². The van der Waals surface area contributed by atoms with E-state index in [1.165, 1.54) is 28.7 Å². The summed E-state index contributed by atoms with van der Waals surface area (Å²) in [5.74, 6) is 3.75. The number of fused-ring (bicyclic) bond motifs is 4. The molecule has 2 saturated heterocycles. The molecule has 0 aliphatic carbocycles. The molecule has 0 bridgehead atoms. The first kappa shape index (κ1) is 38.8. The first-order valence-electron chi connectivity index (χ1n) is 16.0. The smallest absolute Gasteiger partial charge is 0.161 e. The molecule has 0 radical (unpaired) electrons. The number of methoxy groups -OCH3 is 4. The maximum absolute atomic E-state index is 11.3. The van der Waals surface area contributed by atoms with Gasteiger partial charge in [0.15, 0.2) is 23.0 Å².